The Morgan fingerprint density at radius 3 is 2.53 bits per heavy atom. The molecule has 0 saturated heterocycles. The van der Waals surface area contributed by atoms with Gasteiger partial charge in [-0.3, -0.25) is 4.79 Å². The maximum atomic E-state index is 11.2. The minimum Gasteiger partial charge on any atom is -0.475 e. The van der Waals surface area contributed by atoms with E-state index in [1.165, 1.54) is 13.0 Å². The van der Waals surface area contributed by atoms with Crippen molar-refractivity contribution in [3.8, 4) is 0 Å². The topological polar surface area (TPSA) is 80.4 Å². The monoisotopic (exact) mass is 227 g/mol. The lowest BCUT2D eigenvalue weighted by molar-refractivity contribution is -0.149. The van der Waals surface area contributed by atoms with Crippen LogP contribution in [0.4, 0.5) is 5.69 Å². The van der Waals surface area contributed by atoms with Crippen molar-refractivity contribution in [2.75, 3.05) is 5.73 Å². The van der Waals surface area contributed by atoms with Crippen molar-refractivity contribution in [1.82, 2.24) is 0 Å². The molecule has 0 heterocycles. The Morgan fingerprint density at radius 1 is 1.47 bits per heavy atom. The predicted octanol–water partition coefficient (Wildman–Crippen LogP) is 1.68. The lowest BCUT2D eigenvalue weighted by Gasteiger charge is -2.09. The van der Waals surface area contributed by atoms with Crippen LogP contribution in [-0.2, 0) is 9.59 Å². The highest BCUT2D eigenvalue weighted by Gasteiger charge is 2.22. The van der Waals surface area contributed by atoms with Crippen molar-refractivity contribution in [3.63, 3.8) is 0 Å². The number of halogens is 1. The first-order valence-electron chi connectivity index (χ1n) is 4.25. The van der Waals surface area contributed by atoms with Gasteiger partial charge in [-0.05, 0) is 17.7 Å². The molecule has 1 aromatic carbocycles. The third-order valence-corrected chi connectivity index (χ3v) is 2.46. The van der Waals surface area contributed by atoms with Crippen LogP contribution in [-0.4, -0.2) is 16.9 Å². The number of ketones is 1. The number of hydrogen-bond donors (Lipinski definition) is 2. The van der Waals surface area contributed by atoms with E-state index < -0.39 is 17.7 Å². The Balaban J connectivity index is 3.02. The molecule has 1 unspecified atom stereocenters. The number of carboxylic acids is 1. The number of carbonyl (C=O) groups excluding carboxylic acids is 1. The van der Waals surface area contributed by atoms with Gasteiger partial charge in [0.05, 0.1) is 16.6 Å². The third-order valence-electron chi connectivity index (χ3n) is 2.13. The summed E-state index contributed by atoms with van der Waals surface area (Å²) < 4.78 is 0. The van der Waals surface area contributed by atoms with Crippen molar-refractivity contribution in [2.45, 2.75) is 12.8 Å². The Kier molecular flexibility index (Phi) is 3.31. The van der Waals surface area contributed by atoms with Gasteiger partial charge in [0.2, 0.25) is 5.78 Å². The van der Waals surface area contributed by atoms with Crippen LogP contribution in [0.15, 0.2) is 18.2 Å². The molecule has 1 rings (SSSR count). The number of carbonyl (C=O) groups is 2. The highest BCUT2D eigenvalue weighted by molar-refractivity contribution is 6.35. The number of aliphatic carboxylic acids is 1. The molecule has 80 valence electrons. The summed E-state index contributed by atoms with van der Waals surface area (Å²) in [6.45, 7) is 1.51. The molecule has 0 amide bonds. The van der Waals surface area contributed by atoms with E-state index in [1.54, 1.807) is 12.1 Å². The summed E-state index contributed by atoms with van der Waals surface area (Å²) >= 11 is 5.76. The van der Waals surface area contributed by atoms with Crippen LogP contribution in [0.3, 0.4) is 0 Å². The molecule has 0 radical (unpaired) electrons. The molecule has 1 aromatic rings. The van der Waals surface area contributed by atoms with Gasteiger partial charge in [-0.2, -0.15) is 0 Å². The van der Waals surface area contributed by atoms with E-state index in [2.05, 4.69) is 0 Å². The highest BCUT2D eigenvalue weighted by atomic mass is 35.5. The zero-order valence-corrected chi connectivity index (χ0v) is 8.78. The van der Waals surface area contributed by atoms with Crippen molar-refractivity contribution < 1.29 is 14.7 Å². The van der Waals surface area contributed by atoms with Crippen LogP contribution in [0.25, 0.3) is 0 Å². The summed E-state index contributed by atoms with van der Waals surface area (Å²) in [5, 5.41) is 8.85. The van der Waals surface area contributed by atoms with Crippen LogP contribution in [0.5, 0.6) is 0 Å². The van der Waals surface area contributed by atoms with Crippen LogP contribution in [0.2, 0.25) is 5.02 Å². The quantitative estimate of drug-likeness (QED) is 0.608. The summed E-state index contributed by atoms with van der Waals surface area (Å²) in [6, 6.07) is 4.64. The average molecular weight is 228 g/mol. The van der Waals surface area contributed by atoms with Crippen LogP contribution in [0.1, 0.15) is 18.4 Å². The smallest absolute Gasteiger partial charge is 0.372 e. The predicted molar refractivity (Wildman–Crippen MR) is 56.9 cm³/mol. The standard InChI is InChI=1S/C10H10ClNO3/c1-5(9(13)10(14)15)6-2-3-8(12)7(11)4-6/h2-5H,12H2,1H3,(H,14,15). The van der Waals surface area contributed by atoms with E-state index in [1.807, 2.05) is 0 Å². The minimum atomic E-state index is -1.45. The maximum absolute atomic E-state index is 11.2. The van der Waals surface area contributed by atoms with Crippen molar-refractivity contribution in [3.05, 3.63) is 28.8 Å². The zero-order valence-electron chi connectivity index (χ0n) is 8.03. The lowest BCUT2D eigenvalue weighted by atomic mass is 9.96. The number of rotatable bonds is 3. The number of anilines is 1. The van der Waals surface area contributed by atoms with Gasteiger partial charge in [0.25, 0.3) is 0 Å². The normalized spacial score (nSPS) is 12.1. The van der Waals surface area contributed by atoms with E-state index in [9.17, 15) is 9.59 Å². The second-order valence-corrected chi connectivity index (χ2v) is 3.58. The first kappa shape index (κ1) is 11.5. The van der Waals surface area contributed by atoms with Gasteiger partial charge >= 0.3 is 5.97 Å². The first-order valence-corrected chi connectivity index (χ1v) is 4.63. The summed E-state index contributed by atoms with van der Waals surface area (Å²) in [7, 11) is 0. The molecule has 15 heavy (non-hydrogen) atoms. The van der Waals surface area contributed by atoms with Gasteiger partial charge in [0.15, 0.2) is 0 Å². The number of carboxylic acid groups (broad SMARTS) is 1. The van der Waals surface area contributed by atoms with Gasteiger partial charge < -0.3 is 10.8 Å². The van der Waals surface area contributed by atoms with Gasteiger partial charge in [-0.15, -0.1) is 0 Å². The first-order chi connectivity index (χ1) is 6.93. The summed E-state index contributed by atoms with van der Waals surface area (Å²) in [6.07, 6.45) is 0. The van der Waals surface area contributed by atoms with Crippen molar-refractivity contribution in [1.29, 1.82) is 0 Å². The lowest BCUT2D eigenvalue weighted by Crippen LogP contribution is -2.19. The van der Waals surface area contributed by atoms with Crippen molar-refractivity contribution >= 4 is 29.0 Å². The second kappa shape index (κ2) is 4.31. The van der Waals surface area contributed by atoms with E-state index in [4.69, 9.17) is 22.4 Å². The largest absolute Gasteiger partial charge is 0.475 e. The van der Waals surface area contributed by atoms with E-state index in [-0.39, 0.29) is 0 Å². The van der Waals surface area contributed by atoms with E-state index in [0.717, 1.165) is 0 Å². The Morgan fingerprint density at radius 2 is 2.07 bits per heavy atom. The van der Waals surface area contributed by atoms with E-state index in [0.29, 0.717) is 16.3 Å². The molecule has 0 fully saturated rings. The maximum Gasteiger partial charge on any atom is 0.372 e. The van der Waals surface area contributed by atoms with Gasteiger partial charge in [-0.1, -0.05) is 24.6 Å². The SMILES string of the molecule is CC(C(=O)C(=O)O)c1ccc(N)c(Cl)c1. The molecule has 5 heteroatoms. The number of benzene rings is 1. The van der Waals surface area contributed by atoms with Gasteiger partial charge in [0, 0.05) is 0 Å². The molecule has 0 aliphatic rings. The van der Waals surface area contributed by atoms with Crippen LogP contribution >= 0.6 is 11.6 Å². The fourth-order valence-electron chi connectivity index (χ4n) is 1.15. The second-order valence-electron chi connectivity index (χ2n) is 3.17. The van der Waals surface area contributed by atoms with Crippen LogP contribution < -0.4 is 5.73 Å². The molecule has 1 atom stereocenters. The highest BCUT2D eigenvalue weighted by Crippen LogP contribution is 2.24. The molecular formula is C10H10ClNO3. The Labute approximate surface area is 91.7 Å². The molecule has 0 saturated carbocycles. The van der Waals surface area contributed by atoms with Crippen molar-refractivity contribution in [2.24, 2.45) is 0 Å². The zero-order chi connectivity index (χ0) is 11.6. The number of nitrogens with two attached hydrogens (primary N) is 1. The molecule has 0 aliphatic carbocycles. The Hall–Kier alpha value is -1.55. The fourth-order valence-corrected chi connectivity index (χ4v) is 1.34. The molecule has 0 spiro atoms. The number of hydrogen-bond acceptors (Lipinski definition) is 3. The van der Waals surface area contributed by atoms with Gasteiger partial charge in [-0.25, -0.2) is 4.79 Å². The third kappa shape index (κ3) is 2.47. The summed E-state index contributed by atoms with van der Waals surface area (Å²) in [5.74, 6) is -3.04. The molecular weight excluding hydrogens is 218 g/mol. The molecule has 0 bridgehead atoms. The molecule has 0 aromatic heterocycles. The van der Waals surface area contributed by atoms with Gasteiger partial charge in [0.1, 0.15) is 0 Å². The molecule has 3 N–H and O–H groups in total. The van der Waals surface area contributed by atoms with Crippen LogP contribution in [0, 0.1) is 0 Å². The fraction of sp³-hybridized carbons (Fsp3) is 0.200. The number of nitrogen functional groups attached to an aromatic ring is 1. The Bertz CT molecular complexity index is 417. The molecule has 4 nitrogen and oxygen atoms in total. The molecule has 0 aliphatic heterocycles. The minimum absolute atomic E-state index is 0.317. The van der Waals surface area contributed by atoms with E-state index >= 15 is 0 Å². The average Bonchev–Trinajstić information content (AvgIpc) is 2.19. The summed E-state index contributed by atoms with van der Waals surface area (Å²) in [5.41, 5.74) is 6.43. The summed E-state index contributed by atoms with van der Waals surface area (Å²) in [4.78, 5) is 21.6. The number of Topliss-reactive ketones (excluding diaryl/α,β-unsaturated/α-hetero) is 1.